The number of aromatic nitrogens is 1. The highest BCUT2D eigenvalue weighted by atomic mass is 16.2. The standard InChI is InChI=1S/C18H23N3O/c1-2-5-13-8-10-14(11-9-13)20-21-18(22)16-12-19-17-7-4-3-6-15(16)17/h3-4,6-7,12-13,19H,2,5,8-11H2,1H3,(H,21,22). The van der Waals surface area contributed by atoms with Gasteiger partial charge >= 0.3 is 0 Å². The highest BCUT2D eigenvalue weighted by Crippen LogP contribution is 2.26. The van der Waals surface area contributed by atoms with Crippen molar-refractivity contribution in [1.82, 2.24) is 10.4 Å². The Hall–Kier alpha value is -2.10. The van der Waals surface area contributed by atoms with E-state index in [1.165, 1.54) is 25.7 Å². The summed E-state index contributed by atoms with van der Waals surface area (Å²) in [5.74, 6) is 0.703. The van der Waals surface area contributed by atoms with Crippen molar-refractivity contribution in [2.45, 2.75) is 45.4 Å². The number of carbonyl (C=O) groups is 1. The second-order valence-corrected chi connectivity index (χ2v) is 6.10. The minimum Gasteiger partial charge on any atom is -0.360 e. The fraction of sp³-hybridized carbons (Fsp3) is 0.444. The SMILES string of the molecule is CCCC1CCC(=NNC(=O)c2c[nH]c3ccccc23)CC1. The van der Waals surface area contributed by atoms with Crippen molar-refractivity contribution in [3.63, 3.8) is 0 Å². The Morgan fingerprint density at radius 3 is 2.86 bits per heavy atom. The molecule has 3 rings (SSSR count). The number of para-hydroxylation sites is 1. The molecule has 0 atom stereocenters. The smallest absolute Gasteiger partial charge is 0.273 e. The van der Waals surface area contributed by atoms with Crippen molar-refractivity contribution in [1.29, 1.82) is 0 Å². The first kappa shape index (κ1) is 14.8. The van der Waals surface area contributed by atoms with Gasteiger partial charge in [-0.05, 0) is 37.7 Å². The van der Waals surface area contributed by atoms with Crippen LogP contribution in [0.2, 0.25) is 0 Å². The van der Waals surface area contributed by atoms with Crippen molar-refractivity contribution in [2.24, 2.45) is 11.0 Å². The first-order valence-corrected chi connectivity index (χ1v) is 8.19. The maximum Gasteiger partial charge on any atom is 0.273 e. The van der Waals surface area contributed by atoms with E-state index < -0.39 is 0 Å². The van der Waals surface area contributed by atoms with E-state index in [4.69, 9.17) is 0 Å². The number of benzene rings is 1. The van der Waals surface area contributed by atoms with Gasteiger partial charge in [-0.25, -0.2) is 5.43 Å². The van der Waals surface area contributed by atoms with E-state index in [0.717, 1.165) is 35.4 Å². The van der Waals surface area contributed by atoms with Crippen LogP contribution in [0.15, 0.2) is 35.6 Å². The molecule has 116 valence electrons. The lowest BCUT2D eigenvalue weighted by atomic mass is 9.85. The van der Waals surface area contributed by atoms with Gasteiger partial charge in [0, 0.05) is 22.8 Å². The molecule has 1 aromatic heterocycles. The molecule has 1 aliphatic rings. The molecule has 0 unspecified atom stereocenters. The zero-order valence-corrected chi connectivity index (χ0v) is 13.1. The molecule has 0 saturated heterocycles. The third-order valence-electron chi connectivity index (χ3n) is 4.53. The molecule has 1 aromatic carbocycles. The van der Waals surface area contributed by atoms with E-state index >= 15 is 0 Å². The number of hydrazone groups is 1. The summed E-state index contributed by atoms with van der Waals surface area (Å²) in [6.07, 6.45) is 8.75. The summed E-state index contributed by atoms with van der Waals surface area (Å²) < 4.78 is 0. The molecule has 1 saturated carbocycles. The number of aromatic amines is 1. The topological polar surface area (TPSA) is 57.2 Å². The highest BCUT2D eigenvalue weighted by Gasteiger charge is 2.17. The third-order valence-corrected chi connectivity index (χ3v) is 4.53. The maximum absolute atomic E-state index is 12.3. The molecule has 1 aliphatic carbocycles. The number of carbonyl (C=O) groups excluding carboxylic acids is 1. The van der Waals surface area contributed by atoms with Crippen LogP contribution in [0.4, 0.5) is 0 Å². The van der Waals surface area contributed by atoms with Crippen LogP contribution >= 0.6 is 0 Å². The molecule has 4 nitrogen and oxygen atoms in total. The molecule has 4 heteroatoms. The number of H-pyrrole nitrogens is 1. The molecule has 0 radical (unpaired) electrons. The lowest BCUT2D eigenvalue weighted by Crippen LogP contribution is -2.22. The zero-order valence-electron chi connectivity index (χ0n) is 13.1. The summed E-state index contributed by atoms with van der Waals surface area (Å²) >= 11 is 0. The zero-order chi connectivity index (χ0) is 15.4. The highest BCUT2D eigenvalue weighted by molar-refractivity contribution is 6.07. The molecule has 2 N–H and O–H groups in total. The average molecular weight is 297 g/mol. The predicted octanol–water partition coefficient (Wildman–Crippen LogP) is 4.24. The molecule has 0 spiro atoms. The van der Waals surface area contributed by atoms with Gasteiger partial charge in [0.2, 0.25) is 0 Å². The Labute approximate surface area is 131 Å². The fourth-order valence-electron chi connectivity index (χ4n) is 3.27. The van der Waals surface area contributed by atoms with Crippen LogP contribution in [0.1, 0.15) is 55.8 Å². The Morgan fingerprint density at radius 2 is 2.09 bits per heavy atom. The number of hydrogen-bond donors (Lipinski definition) is 2. The van der Waals surface area contributed by atoms with Gasteiger partial charge in [0.1, 0.15) is 0 Å². The number of fused-ring (bicyclic) bond motifs is 1. The molecule has 0 aliphatic heterocycles. The van der Waals surface area contributed by atoms with Crippen LogP contribution in [-0.2, 0) is 0 Å². The summed E-state index contributed by atoms with van der Waals surface area (Å²) in [7, 11) is 0. The van der Waals surface area contributed by atoms with Gasteiger partial charge in [0.05, 0.1) is 5.56 Å². The van der Waals surface area contributed by atoms with Gasteiger partial charge in [-0.15, -0.1) is 0 Å². The molecule has 2 aromatic rings. The van der Waals surface area contributed by atoms with Gasteiger partial charge in [0.25, 0.3) is 5.91 Å². The second kappa shape index (κ2) is 6.77. The second-order valence-electron chi connectivity index (χ2n) is 6.10. The number of nitrogens with zero attached hydrogens (tertiary/aromatic N) is 1. The Morgan fingerprint density at radius 1 is 1.32 bits per heavy atom. The molecular weight excluding hydrogens is 274 g/mol. The lowest BCUT2D eigenvalue weighted by molar-refractivity contribution is 0.0956. The maximum atomic E-state index is 12.3. The Kier molecular flexibility index (Phi) is 4.56. The average Bonchev–Trinajstić information content (AvgIpc) is 2.98. The molecule has 1 heterocycles. The third kappa shape index (κ3) is 3.21. The van der Waals surface area contributed by atoms with Gasteiger partial charge in [-0.1, -0.05) is 38.0 Å². The summed E-state index contributed by atoms with van der Waals surface area (Å²) in [6, 6.07) is 7.81. The van der Waals surface area contributed by atoms with Crippen molar-refractivity contribution in [3.8, 4) is 0 Å². The lowest BCUT2D eigenvalue weighted by Gasteiger charge is -2.22. The summed E-state index contributed by atoms with van der Waals surface area (Å²) in [4.78, 5) is 15.4. The van der Waals surface area contributed by atoms with E-state index in [1.807, 2.05) is 24.3 Å². The van der Waals surface area contributed by atoms with Gasteiger partial charge in [-0.3, -0.25) is 4.79 Å². The minimum absolute atomic E-state index is 0.138. The summed E-state index contributed by atoms with van der Waals surface area (Å²) in [5.41, 5.74) is 5.47. The summed E-state index contributed by atoms with van der Waals surface area (Å²) in [6.45, 7) is 2.24. The number of hydrogen-bond acceptors (Lipinski definition) is 2. The van der Waals surface area contributed by atoms with E-state index in [1.54, 1.807) is 6.20 Å². The number of nitrogens with one attached hydrogen (secondary N) is 2. The van der Waals surface area contributed by atoms with Crippen LogP contribution < -0.4 is 5.43 Å². The Bertz CT molecular complexity index is 676. The molecule has 1 amide bonds. The van der Waals surface area contributed by atoms with E-state index in [9.17, 15) is 4.79 Å². The van der Waals surface area contributed by atoms with E-state index in [0.29, 0.717) is 5.56 Å². The monoisotopic (exact) mass is 297 g/mol. The largest absolute Gasteiger partial charge is 0.360 e. The molecule has 0 bridgehead atoms. The fourth-order valence-corrected chi connectivity index (χ4v) is 3.27. The van der Waals surface area contributed by atoms with Crippen LogP contribution in [0.25, 0.3) is 10.9 Å². The van der Waals surface area contributed by atoms with Crippen molar-refractivity contribution < 1.29 is 4.79 Å². The van der Waals surface area contributed by atoms with Crippen molar-refractivity contribution in [2.75, 3.05) is 0 Å². The van der Waals surface area contributed by atoms with Gasteiger partial charge < -0.3 is 4.98 Å². The van der Waals surface area contributed by atoms with E-state index in [2.05, 4.69) is 22.4 Å². The van der Waals surface area contributed by atoms with E-state index in [-0.39, 0.29) is 5.91 Å². The van der Waals surface area contributed by atoms with Crippen LogP contribution in [-0.4, -0.2) is 16.6 Å². The van der Waals surface area contributed by atoms with Crippen molar-refractivity contribution in [3.05, 3.63) is 36.0 Å². The van der Waals surface area contributed by atoms with Crippen LogP contribution in [0, 0.1) is 5.92 Å². The predicted molar refractivity (Wildman–Crippen MR) is 90.1 cm³/mol. The molecule has 1 fully saturated rings. The quantitative estimate of drug-likeness (QED) is 0.815. The van der Waals surface area contributed by atoms with Gasteiger partial charge in [-0.2, -0.15) is 5.10 Å². The Balaban J connectivity index is 1.62. The summed E-state index contributed by atoms with van der Waals surface area (Å²) in [5, 5.41) is 5.28. The normalized spacial score (nSPS) is 18.4. The first-order chi connectivity index (χ1) is 10.8. The van der Waals surface area contributed by atoms with Gasteiger partial charge in [0.15, 0.2) is 0 Å². The van der Waals surface area contributed by atoms with Crippen molar-refractivity contribution >= 4 is 22.5 Å². The number of rotatable bonds is 4. The van der Waals surface area contributed by atoms with Crippen LogP contribution in [0.3, 0.4) is 0 Å². The first-order valence-electron chi connectivity index (χ1n) is 8.19. The molecular formula is C18H23N3O. The molecule has 22 heavy (non-hydrogen) atoms. The number of amides is 1. The minimum atomic E-state index is -0.138. The van der Waals surface area contributed by atoms with Crippen LogP contribution in [0.5, 0.6) is 0 Å².